The summed E-state index contributed by atoms with van der Waals surface area (Å²) in [4.78, 5) is 0. The maximum atomic E-state index is 11.6. The molecule has 0 radical (unpaired) electrons. The standard InChI is InChI=1S/C8H14F2N2O/c1-8(6-11,12-2)3-4-13-5-7(9)10/h7,12H,3-5H2,1-2H3. The van der Waals surface area contributed by atoms with Crippen molar-refractivity contribution in [2.45, 2.75) is 25.3 Å². The van der Waals surface area contributed by atoms with Gasteiger partial charge in [0, 0.05) is 13.0 Å². The number of hydrogen-bond donors (Lipinski definition) is 1. The Morgan fingerprint density at radius 3 is 2.62 bits per heavy atom. The summed E-state index contributed by atoms with van der Waals surface area (Å²) in [5.74, 6) is 0. The highest BCUT2D eigenvalue weighted by Gasteiger charge is 2.20. The van der Waals surface area contributed by atoms with Crippen LogP contribution in [0.25, 0.3) is 0 Å². The largest absolute Gasteiger partial charge is 0.375 e. The van der Waals surface area contributed by atoms with Gasteiger partial charge >= 0.3 is 0 Å². The summed E-state index contributed by atoms with van der Waals surface area (Å²) in [5, 5.41) is 11.5. The molecule has 0 spiro atoms. The van der Waals surface area contributed by atoms with Crippen LogP contribution in [0.15, 0.2) is 0 Å². The third-order valence-corrected chi connectivity index (χ3v) is 1.79. The molecule has 0 aromatic carbocycles. The number of nitriles is 1. The first-order valence-electron chi connectivity index (χ1n) is 4.00. The zero-order chi connectivity index (χ0) is 10.3. The van der Waals surface area contributed by atoms with Gasteiger partial charge in [-0.05, 0) is 14.0 Å². The van der Waals surface area contributed by atoms with E-state index in [4.69, 9.17) is 5.26 Å². The van der Waals surface area contributed by atoms with Crippen LogP contribution in [0.2, 0.25) is 0 Å². The molecule has 0 rings (SSSR count). The van der Waals surface area contributed by atoms with Gasteiger partial charge in [0.15, 0.2) is 0 Å². The Bertz CT molecular complexity index is 181. The minimum atomic E-state index is -2.44. The Hall–Kier alpha value is -0.730. The fourth-order valence-corrected chi connectivity index (χ4v) is 0.686. The summed E-state index contributed by atoms with van der Waals surface area (Å²) >= 11 is 0. The Morgan fingerprint density at radius 2 is 2.23 bits per heavy atom. The quantitative estimate of drug-likeness (QED) is 0.642. The molecule has 0 amide bonds. The van der Waals surface area contributed by atoms with Crippen LogP contribution in [0.4, 0.5) is 8.78 Å². The first-order valence-corrected chi connectivity index (χ1v) is 4.00. The molecule has 0 heterocycles. The van der Waals surface area contributed by atoms with Gasteiger partial charge < -0.3 is 10.1 Å². The minimum absolute atomic E-state index is 0.162. The monoisotopic (exact) mass is 192 g/mol. The van der Waals surface area contributed by atoms with E-state index in [1.54, 1.807) is 14.0 Å². The van der Waals surface area contributed by atoms with Crippen molar-refractivity contribution in [2.24, 2.45) is 0 Å². The predicted octanol–water partition coefficient (Wildman–Crippen LogP) is 1.16. The molecule has 0 aromatic rings. The van der Waals surface area contributed by atoms with E-state index >= 15 is 0 Å². The zero-order valence-corrected chi connectivity index (χ0v) is 7.81. The third kappa shape index (κ3) is 5.50. The van der Waals surface area contributed by atoms with Crippen molar-refractivity contribution in [3.8, 4) is 6.07 Å². The van der Waals surface area contributed by atoms with Crippen molar-refractivity contribution >= 4 is 0 Å². The molecule has 76 valence electrons. The molecule has 0 aliphatic carbocycles. The number of nitrogens with zero attached hydrogens (tertiary/aromatic N) is 1. The van der Waals surface area contributed by atoms with Gasteiger partial charge in [-0.15, -0.1) is 0 Å². The summed E-state index contributed by atoms with van der Waals surface area (Å²) in [7, 11) is 1.65. The van der Waals surface area contributed by atoms with E-state index in [2.05, 4.69) is 10.1 Å². The summed E-state index contributed by atoms with van der Waals surface area (Å²) in [6, 6.07) is 2.04. The Balaban J connectivity index is 3.58. The lowest BCUT2D eigenvalue weighted by atomic mass is 10.0. The molecule has 0 aromatic heterocycles. The van der Waals surface area contributed by atoms with Gasteiger partial charge in [-0.1, -0.05) is 0 Å². The Labute approximate surface area is 76.7 Å². The van der Waals surface area contributed by atoms with Crippen LogP contribution in [-0.4, -0.2) is 32.2 Å². The maximum absolute atomic E-state index is 11.6. The SMILES string of the molecule is CNC(C)(C#N)CCOCC(F)F. The van der Waals surface area contributed by atoms with Gasteiger partial charge in [0.25, 0.3) is 6.43 Å². The summed E-state index contributed by atoms with van der Waals surface area (Å²) in [6.07, 6.45) is -2.05. The van der Waals surface area contributed by atoms with Gasteiger partial charge in [-0.3, -0.25) is 0 Å². The van der Waals surface area contributed by atoms with Crippen LogP contribution in [0.5, 0.6) is 0 Å². The lowest BCUT2D eigenvalue weighted by molar-refractivity contribution is 0.0129. The van der Waals surface area contributed by atoms with Crippen LogP contribution in [-0.2, 0) is 4.74 Å². The second-order valence-corrected chi connectivity index (χ2v) is 2.91. The topological polar surface area (TPSA) is 45.0 Å². The molecule has 3 nitrogen and oxygen atoms in total. The Kier molecular flexibility index (Phi) is 5.51. The van der Waals surface area contributed by atoms with E-state index in [1.165, 1.54) is 0 Å². The fraction of sp³-hybridized carbons (Fsp3) is 0.875. The summed E-state index contributed by atoms with van der Waals surface area (Å²) in [5.41, 5.74) is -0.692. The maximum Gasteiger partial charge on any atom is 0.261 e. The van der Waals surface area contributed by atoms with E-state index in [0.29, 0.717) is 6.42 Å². The lowest BCUT2D eigenvalue weighted by Gasteiger charge is -2.20. The molecule has 1 N–H and O–H groups in total. The van der Waals surface area contributed by atoms with E-state index in [9.17, 15) is 8.78 Å². The molecular formula is C8H14F2N2O. The first-order chi connectivity index (χ1) is 6.04. The predicted molar refractivity (Wildman–Crippen MR) is 44.5 cm³/mol. The van der Waals surface area contributed by atoms with E-state index in [1.807, 2.05) is 6.07 Å². The average molecular weight is 192 g/mol. The van der Waals surface area contributed by atoms with Crippen molar-refractivity contribution in [3.63, 3.8) is 0 Å². The molecule has 0 aliphatic heterocycles. The van der Waals surface area contributed by atoms with Gasteiger partial charge in [0.05, 0.1) is 6.07 Å². The molecule has 0 bridgehead atoms. The molecular weight excluding hydrogens is 178 g/mol. The smallest absolute Gasteiger partial charge is 0.261 e. The molecule has 5 heteroatoms. The van der Waals surface area contributed by atoms with Crippen LogP contribution in [0.3, 0.4) is 0 Å². The van der Waals surface area contributed by atoms with Crippen LogP contribution in [0, 0.1) is 11.3 Å². The number of rotatable bonds is 6. The van der Waals surface area contributed by atoms with Crippen LogP contribution >= 0.6 is 0 Å². The fourth-order valence-electron chi connectivity index (χ4n) is 0.686. The number of ether oxygens (including phenoxy) is 1. The molecule has 0 aliphatic rings. The number of alkyl halides is 2. The molecule has 0 saturated carbocycles. The van der Waals surface area contributed by atoms with Gasteiger partial charge in [0.2, 0.25) is 0 Å². The van der Waals surface area contributed by atoms with Crippen molar-refractivity contribution in [1.29, 1.82) is 5.26 Å². The van der Waals surface area contributed by atoms with Gasteiger partial charge in [-0.25, -0.2) is 8.78 Å². The van der Waals surface area contributed by atoms with E-state index < -0.39 is 18.6 Å². The summed E-state index contributed by atoms with van der Waals surface area (Å²) < 4.78 is 27.9. The highest BCUT2D eigenvalue weighted by molar-refractivity contribution is 5.02. The summed E-state index contributed by atoms with van der Waals surface area (Å²) in [6.45, 7) is 1.29. The van der Waals surface area contributed by atoms with Crippen LogP contribution in [0.1, 0.15) is 13.3 Å². The molecule has 0 saturated heterocycles. The van der Waals surface area contributed by atoms with Gasteiger partial charge in [-0.2, -0.15) is 5.26 Å². The second-order valence-electron chi connectivity index (χ2n) is 2.91. The highest BCUT2D eigenvalue weighted by Crippen LogP contribution is 2.07. The van der Waals surface area contributed by atoms with Crippen molar-refractivity contribution in [1.82, 2.24) is 5.32 Å². The molecule has 1 atom stereocenters. The number of nitrogens with one attached hydrogen (secondary N) is 1. The first kappa shape index (κ1) is 12.3. The van der Waals surface area contributed by atoms with Crippen LogP contribution < -0.4 is 5.32 Å². The normalized spacial score (nSPS) is 15.4. The molecule has 1 unspecified atom stereocenters. The van der Waals surface area contributed by atoms with Crippen molar-refractivity contribution < 1.29 is 13.5 Å². The van der Waals surface area contributed by atoms with E-state index in [-0.39, 0.29) is 6.61 Å². The third-order valence-electron chi connectivity index (χ3n) is 1.79. The highest BCUT2D eigenvalue weighted by atomic mass is 19.3. The zero-order valence-electron chi connectivity index (χ0n) is 7.81. The second kappa shape index (κ2) is 5.84. The van der Waals surface area contributed by atoms with Crippen molar-refractivity contribution in [3.05, 3.63) is 0 Å². The molecule has 0 fully saturated rings. The van der Waals surface area contributed by atoms with E-state index in [0.717, 1.165) is 0 Å². The lowest BCUT2D eigenvalue weighted by Crippen LogP contribution is -2.39. The average Bonchev–Trinajstić information content (AvgIpc) is 2.12. The minimum Gasteiger partial charge on any atom is -0.375 e. The van der Waals surface area contributed by atoms with Gasteiger partial charge in [0.1, 0.15) is 12.1 Å². The number of halogens is 2. The molecule has 13 heavy (non-hydrogen) atoms. The van der Waals surface area contributed by atoms with Crippen molar-refractivity contribution in [2.75, 3.05) is 20.3 Å². The Morgan fingerprint density at radius 1 is 1.62 bits per heavy atom. The number of hydrogen-bond acceptors (Lipinski definition) is 3.